The Morgan fingerprint density at radius 2 is 2.16 bits per heavy atom. The SMILES string of the molecule is CCOCc1nc(Cl)cc(NCC2(O)CCCC2)n1. The summed E-state index contributed by atoms with van der Waals surface area (Å²) in [5.74, 6) is 1.19. The van der Waals surface area contributed by atoms with Crippen molar-refractivity contribution in [3.63, 3.8) is 0 Å². The van der Waals surface area contributed by atoms with Crippen LogP contribution in [0.3, 0.4) is 0 Å². The van der Waals surface area contributed by atoms with Gasteiger partial charge in [-0.2, -0.15) is 0 Å². The number of nitrogens with zero attached hydrogens (tertiary/aromatic N) is 2. The zero-order chi connectivity index (χ0) is 13.7. The standard InChI is InChI=1S/C13H20ClN3O2/c1-2-19-8-12-16-10(14)7-11(17-12)15-9-13(18)5-3-4-6-13/h7,18H,2-6,8-9H2,1H3,(H,15,16,17). The van der Waals surface area contributed by atoms with Gasteiger partial charge in [-0.3, -0.25) is 0 Å². The van der Waals surface area contributed by atoms with E-state index in [0.717, 1.165) is 25.7 Å². The van der Waals surface area contributed by atoms with Gasteiger partial charge in [-0.25, -0.2) is 9.97 Å². The Hall–Kier alpha value is -0.910. The molecule has 0 aromatic carbocycles. The highest BCUT2D eigenvalue weighted by Gasteiger charge is 2.30. The first kappa shape index (κ1) is 14.5. The Bertz CT molecular complexity index is 422. The van der Waals surface area contributed by atoms with E-state index in [-0.39, 0.29) is 0 Å². The van der Waals surface area contributed by atoms with Crippen molar-refractivity contribution < 1.29 is 9.84 Å². The number of hydrogen-bond donors (Lipinski definition) is 2. The van der Waals surface area contributed by atoms with Crippen molar-refractivity contribution in [1.29, 1.82) is 0 Å². The van der Waals surface area contributed by atoms with Gasteiger partial charge in [-0.15, -0.1) is 0 Å². The molecule has 0 aliphatic heterocycles. The van der Waals surface area contributed by atoms with Gasteiger partial charge in [-0.1, -0.05) is 24.4 Å². The predicted molar refractivity (Wildman–Crippen MR) is 74.3 cm³/mol. The van der Waals surface area contributed by atoms with Crippen LogP contribution in [0.25, 0.3) is 0 Å². The number of halogens is 1. The maximum absolute atomic E-state index is 10.3. The quantitative estimate of drug-likeness (QED) is 0.786. The van der Waals surface area contributed by atoms with Crippen LogP contribution in [0.5, 0.6) is 0 Å². The molecule has 0 spiro atoms. The van der Waals surface area contributed by atoms with Gasteiger partial charge < -0.3 is 15.2 Å². The largest absolute Gasteiger partial charge is 0.388 e. The van der Waals surface area contributed by atoms with E-state index in [1.165, 1.54) is 0 Å². The summed E-state index contributed by atoms with van der Waals surface area (Å²) in [6.45, 7) is 3.36. The molecular formula is C13H20ClN3O2. The molecule has 1 aromatic heterocycles. The van der Waals surface area contributed by atoms with E-state index in [1.807, 2.05) is 6.92 Å². The second kappa shape index (κ2) is 6.50. The molecule has 0 atom stereocenters. The topological polar surface area (TPSA) is 67.3 Å². The Morgan fingerprint density at radius 3 is 2.84 bits per heavy atom. The molecule has 2 rings (SSSR count). The lowest BCUT2D eigenvalue weighted by Gasteiger charge is -2.22. The van der Waals surface area contributed by atoms with Crippen LogP contribution in [0, 0.1) is 0 Å². The molecule has 1 saturated carbocycles. The van der Waals surface area contributed by atoms with Crippen LogP contribution in [-0.4, -0.2) is 33.8 Å². The van der Waals surface area contributed by atoms with Gasteiger partial charge in [0.05, 0.1) is 5.60 Å². The van der Waals surface area contributed by atoms with Crippen molar-refractivity contribution in [1.82, 2.24) is 9.97 Å². The maximum atomic E-state index is 10.3. The number of anilines is 1. The van der Waals surface area contributed by atoms with Crippen LogP contribution < -0.4 is 5.32 Å². The van der Waals surface area contributed by atoms with Crippen molar-refractivity contribution in [2.75, 3.05) is 18.5 Å². The summed E-state index contributed by atoms with van der Waals surface area (Å²) in [7, 11) is 0. The van der Waals surface area contributed by atoms with E-state index < -0.39 is 5.60 Å². The minimum Gasteiger partial charge on any atom is -0.388 e. The molecule has 1 aliphatic carbocycles. The van der Waals surface area contributed by atoms with Crippen LogP contribution >= 0.6 is 11.6 Å². The number of hydrogen-bond acceptors (Lipinski definition) is 5. The lowest BCUT2D eigenvalue weighted by molar-refractivity contribution is 0.0613. The predicted octanol–water partition coefficient (Wildman–Crippen LogP) is 2.38. The minimum atomic E-state index is -0.614. The summed E-state index contributed by atoms with van der Waals surface area (Å²) in [4.78, 5) is 8.42. The summed E-state index contributed by atoms with van der Waals surface area (Å²) in [6.07, 6.45) is 3.84. The Morgan fingerprint density at radius 1 is 1.42 bits per heavy atom. The van der Waals surface area contributed by atoms with E-state index in [2.05, 4.69) is 15.3 Å². The highest BCUT2D eigenvalue weighted by Crippen LogP contribution is 2.29. The lowest BCUT2D eigenvalue weighted by atomic mass is 10.0. The van der Waals surface area contributed by atoms with Gasteiger partial charge in [0, 0.05) is 19.2 Å². The van der Waals surface area contributed by atoms with Gasteiger partial charge >= 0.3 is 0 Å². The fraction of sp³-hybridized carbons (Fsp3) is 0.692. The maximum Gasteiger partial charge on any atom is 0.158 e. The highest BCUT2D eigenvalue weighted by atomic mass is 35.5. The third-order valence-corrected chi connectivity index (χ3v) is 3.50. The normalized spacial score (nSPS) is 17.6. The van der Waals surface area contributed by atoms with Crippen LogP contribution in [0.4, 0.5) is 5.82 Å². The molecule has 19 heavy (non-hydrogen) atoms. The van der Waals surface area contributed by atoms with Crippen molar-refractivity contribution >= 4 is 17.4 Å². The molecule has 106 valence electrons. The molecule has 1 aromatic rings. The first-order valence-electron chi connectivity index (χ1n) is 6.69. The highest BCUT2D eigenvalue weighted by molar-refractivity contribution is 6.29. The zero-order valence-electron chi connectivity index (χ0n) is 11.2. The number of aromatic nitrogens is 2. The summed E-state index contributed by atoms with van der Waals surface area (Å²) in [5.41, 5.74) is -0.614. The van der Waals surface area contributed by atoms with E-state index >= 15 is 0 Å². The van der Waals surface area contributed by atoms with Crippen LogP contribution in [-0.2, 0) is 11.3 Å². The van der Waals surface area contributed by atoms with Crippen molar-refractivity contribution in [3.8, 4) is 0 Å². The second-order valence-electron chi connectivity index (χ2n) is 4.91. The number of ether oxygens (including phenoxy) is 1. The Balaban J connectivity index is 1.97. The smallest absolute Gasteiger partial charge is 0.158 e. The molecule has 0 amide bonds. The van der Waals surface area contributed by atoms with Crippen LogP contribution in [0.1, 0.15) is 38.4 Å². The van der Waals surface area contributed by atoms with Gasteiger partial charge in [-0.05, 0) is 19.8 Å². The molecular weight excluding hydrogens is 266 g/mol. The molecule has 6 heteroatoms. The third-order valence-electron chi connectivity index (χ3n) is 3.31. The fourth-order valence-corrected chi connectivity index (χ4v) is 2.48. The average molecular weight is 286 g/mol. The summed E-state index contributed by atoms with van der Waals surface area (Å²) in [6, 6.07) is 1.66. The second-order valence-corrected chi connectivity index (χ2v) is 5.30. The monoisotopic (exact) mass is 285 g/mol. The summed E-state index contributed by atoms with van der Waals surface area (Å²) < 4.78 is 5.27. The first-order valence-corrected chi connectivity index (χ1v) is 7.06. The first-order chi connectivity index (χ1) is 9.11. The van der Waals surface area contributed by atoms with E-state index in [4.69, 9.17) is 16.3 Å². The van der Waals surface area contributed by atoms with Crippen molar-refractivity contribution in [3.05, 3.63) is 17.0 Å². The number of rotatable bonds is 6. The fourth-order valence-electron chi connectivity index (χ4n) is 2.28. The van der Waals surface area contributed by atoms with Crippen LogP contribution in [0.15, 0.2) is 6.07 Å². The molecule has 1 fully saturated rings. The zero-order valence-corrected chi connectivity index (χ0v) is 11.9. The lowest BCUT2D eigenvalue weighted by Crippen LogP contribution is -2.33. The molecule has 2 N–H and O–H groups in total. The van der Waals surface area contributed by atoms with Gasteiger partial charge in [0.2, 0.25) is 0 Å². The molecule has 5 nitrogen and oxygen atoms in total. The van der Waals surface area contributed by atoms with E-state index in [1.54, 1.807) is 6.07 Å². The minimum absolute atomic E-state index is 0.343. The van der Waals surface area contributed by atoms with E-state index in [0.29, 0.717) is 36.6 Å². The van der Waals surface area contributed by atoms with Gasteiger partial charge in [0.25, 0.3) is 0 Å². The molecule has 0 radical (unpaired) electrons. The number of aliphatic hydroxyl groups is 1. The average Bonchev–Trinajstić information content (AvgIpc) is 2.81. The third kappa shape index (κ3) is 4.30. The van der Waals surface area contributed by atoms with Crippen molar-refractivity contribution in [2.45, 2.75) is 44.8 Å². The molecule has 1 aliphatic rings. The van der Waals surface area contributed by atoms with Gasteiger partial charge in [0.1, 0.15) is 17.6 Å². The van der Waals surface area contributed by atoms with Crippen molar-refractivity contribution in [2.24, 2.45) is 0 Å². The summed E-state index contributed by atoms with van der Waals surface area (Å²) in [5, 5.41) is 13.8. The van der Waals surface area contributed by atoms with Crippen LogP contribution in [0.2, 0.25) is 5.15 Å². The molecule has 0 unspecified atom stereocenters. The number of nitrogens with one attached hydrogen (secondary N) is 1. The van der Waals surface area contributed by atoms with E-state index in [9.17, 15) is 5.11 Å². The Kier molecular flexibility index (Phi) is 4.96. The Labute approximate surface area is 118 Å². The van der Waals surface area contributed by atoms with Gasteiger partial charge in [0.15, 0.2) is 5.82 Å². The molecule has 0 saturated heterocycles. The summed E-state index contributed by atoms with van der Waals surface area (Å²) >= 11 is 5.95. The molecule has 1 heterocycles. The molecule has 0 bridgehead atoms.